The molecule has 2 aromatic carbocycles. The number of para-hydroxylation sites is 1. The van der Waals surface area contributed by atoms with Crippen LogP contribution in [0.4, 0.5) is 5.69 Å². The molecular weight excluding hydrogens is 364 g/mol. The second kappa shape index (κ2) is 7.61. The van der Waals surface area contributed by atoms with Crippen molar-refractivity contribution in [3.8, 4) is 0 Å². The van der Waals surface area contributed by atoms with Crippen LogP contribution in [0.2, 0.25) is 5.02 Å². The number of halogens is 1. The number of carbonyl (C=O) groups is 2. The quantitative estimate of drug-likeness (QED) is 0.344. The monoisotopic (exact) mass is 378 g/mol. The van der Waals surface area contributed by atoms with Crippen molar-refractivity contribution in [3.05, 3.63) is 74.8 Å². The van der Waals surface area contributed by atoms with Crippen molar-refractivity contribution in [2.24, 2.45) is 0 Å². The van der Waals surface area contributed by atoms with Crippen LogP contribution in [-0.2, 0) is 15.2 Å². The molecule has 0 aliphatic heterocycles. The largest absolute Gasteiger partial charge is 0.380 e. The fraction of sp³-hybridized carbons (Fsp3) is 0.176. The number of nitro groups is 1. The zero-order valence-electron chi connectivity index (χ0n) is 13.6. The van der Waals surface area contributed by atoms with E-state index in [4.69, 9.17) is 11.6 Å². The van der Waals surface area contributed by atoms with Gasteiger partial charge < -0.3 is 5.11 Å². The molecule has 0 fully saturated rings. The number of Topliss-reactive ketones (excluding diaryl/α,β-unsaturated/α-hetero) is 1. The predicted octanol–water partition coefficient (Wildman–Crippen LogP) is 2.29. The first-order valence-electron chi connectivity index (χ1n) is 7.39. The third-order valence-electron chi connectivity index (χ3n) is 3.81. The van der Waals surface area contributed by atoms with Crippen molar-refractivity contribution < 1.29 is 24.8 Å². The summed E-state index contributed by atoms with van der Waals surface area (Å²) < 4.78 is 0. The van der Waals surface area contributed by atoms with Gasteiger partial charge in [-0.05, 0) is 12.1 Å². The van der Waals surface area contributed by atoms with Crippen molar-refractivity contribution in [2.45, 2.75) is 12.0 Å². The number of aliphatic hydroxyl groups is 1. The van der Waals surface area contributed by atoms with Gasteiger partial charge in [-0.25, -0.2) is 5.06 Å². The van der Waals surface area contributed by atoms with E-state index in [-0.39, 0.29) is 21.2 Å². The zero-order valence-corrected chi connectivity index (χ0v) is 14.4. The topological polar surface area (TPSA) is 121 Å². The number of carbonyl (C=O) groups excluding carboxylic acids is 2. The van der Waals surface area contributed by atoms with Crippen LogP contribution in [0.3, 0.4) is 0 Å². The van der Waals surface area contributed by atoms with E-state index in [2.05, 4.69) is 0 Å². The molecule has 26 heavy (non-hydrogen) atoms. The lowest BCUT2D eigenvalue weighted by atomic mass is 9.81. The number of likely N-dealkylation sites (N-methyl/N-ethyl adjacent to an activating group) is 1. The molecule has 8 nitrogen and oxygen atoms in total. The fourth-order valence-electron chi connectivity index (χ4n) is 2.60. The van der Waals surface area contributed by atoms with E-state index >= 15 is 0 Å². The smallest absolute Gasteiger partial charge is 0.313 e. The fourth-order valence-corrected chi connectivity index (χ4v) is 2.90. The lowest BCUT2D eigenvalue weighted by Crippen LogP contribution is -2.38. The second-order valence-corrected chi connectivity index (χ2v) is 5.95. The summed E-state index contributed by atoms with van der Waals surface area (Å²) in [4.78, 5) is 34.6. The van der Waals surface area contributed by atoms with E-state index in [1.807, 2.05) is 0 Å². The van der Waals surface area contributed by atoms with Crippen molar-refractivity contribution >= 4 is 29.0 Å². The molecule has 0 heterocycles. The molecule has 0 aromatic heterocycles. The molecule has 2 aromatic rings. The van der Waals surface area contributed by atoms with Crippen LogP contribution in [0.5, 0.6) is 0 Å². The van der Waals surface area contributed by atoms with Gasteiger partial charge in [0.1, 0.15) is 5.60 Å². The molecule has 9 heteroatoms. The summed E-state index contributed by atoms with van der Waals surface area (Å²) in [5, 5.41) is 32.0. The molecule has 0 aliphatic rings. The van der Waals surface area contributed by atoms with Crippen LogP contribution in [0.1, 0.15) is 17.5 Å². The number of hydrogen-bond acceptors (Lipinski definition) is 6. The summed E-state index contributed by atoms with van der Waals surface area (Å²) in [6.45, 7) is 0. The average Bonchev–Trinajstić information content (AvgIpc) is 2.61. The number of rotatable bonds is 6. The molecule has 0 saturated carbocycles. The third-order valence-corrected chi connectivity index (χ3v) is 4.14. The van der Waals surface area contributed by atoms with Gasteiger partial charge >= 0.3 is 5.91 Å². The Hall–Kier alpha value is -2.81. The molecule has 0 bridgehead atoms. The number of ketones is 1. The minimum Gasteiger partial charge on any atom is -0.380 e. The Bertz CT molecular complexity index is 870. The summed E-state index contributed by atoms with van der Waals surface area (Å²) in [5.74, 6) is -2.41. The van der Waals surface area contributed by atoms with Crippen LogP contribution < -0.4 is 0 Å². The molecule has 0 spiro atoms. The maximum Gasteiger partial charge on any atom is 0.313 e. The Morgan fingerprint density at radius 3 is 2.23 bits per heavy atom. The van der Waals surface area contributed by atoms with Crippen LogP contribution in [0, 0.1) is 10.1 Å². The van der Waals surface area contributed by atoms with E-state index in [9.17, 15) is 30.0 Å². The minimum absolute atomic E-state index is 0.0257. The summed E-state index contributed by atoms with van der Waals surface area (Å²) >= 11 is 6.13. The summed E-state index contributed by atoms with van der Waals surface area (Å²) in [5.41, 5.74) is -2.85. The molecule has 1 unspecified atom stereocenters. The van der Waals surface area contributed by atoms with E-state index < -0.39 is 34.3 Å². The molecule has 0 saturated heterocycles. The Labute approximate surface area is 153 Å². The molecule has 136 valence electrons. The van der Waals surface area contributed by atoms with Gasteiger partial charge in [0, 0.05) is 23.7 Å². The van der Waals surface area contributed by atoms with Gasteiger partial charge in [-0.3, -0.25) is 24.9 Å². The van der Waals surface area contributed by atoms with Gasteiger partial charge in [-0.15, -0.1) is 0 Å². The van der Waals surface area contributed by atoms with E-state index in [1.54, 1.807) is 6.07 Å². The van der Waals surface area contributed by atoms with Gasteiger partial charge in [0.25, 0.3) is 5.69 Å². The standard InChI is InChI=1S/C17H15ClN2O6/c1-19(24)16(22)15(21)10-17(23,11-6-2-4-8-13(11)18)12-7-3-5-9-14(12)20(25)26/h2-9,23-24H,10H2,1H3. The van der Waals surface area contributed by atoms with Gasteiger partial charge in [-0.1, -0.05) is 41.9 Å². The first kappa shape index (κ1) is 19.5. The SMILES string of the molecule is CN(O)C(=O)C(=O)CC(O)(c1ccccc1Cl)c1ccccc1[N+](=O)[O-]. The van der Waals surface area contributed by atoms with Gasteiger partial charge in [-0.2, -0.15) is 0 Å². The maximum absolute atomic E-state index is 12.2. The lowest BCUT2D eigenvalue weighted by Gasteiger charge is -2.29. The Morgan fingerprint density at radius 1 is 1.15 bits per heavy atom. The highest BCUT2D eigenvalue weighted by Crippen LogP contribution is 2.41. The number of nitrogens with zero attached hydrogens (tertiary/aromatic N) is 2. The Balaban J connectivity index is 2.68. The number of hydrogen-bond donors (Lipinski definition) is 2. The molecule has 0 aliphatic carbocycles. The van der Waals surface area contributed by atoms with Crippen LogP contribution in [-0.4, -0.2) is 39.0 Å². The first-order valence-corrected chi connectivity index (χ1v) is 7.77. The predicted molar refractivity (Wildman–Crippen MR) is 91.7 cm³/mol. The highest BCUT2D eigenvalue weighted by Gasteiger charge is 2.42. The molecular formula is C17H15ClN2O6. The summed E-state index contributed by atoms with van der Waals surface area (Å²) in [6, 6.07) is 11.3. The molecule has 1 amide bonds. The minimum atomic E-state index is -2.25. The Kier molecular flexibility index (Phi) is 5.71. The second-order valence-electron chi connectivity index (χ2n) is 5.54. The molecule has 0 radical (unpaired) electrons. The van der Waals surface area contributed by atoms with E-state index in [1.165, 1.54) is 42.5 Å². The maximum atomic E-state index is 12.2. The van der Waals surface area contributed by atoms with Gasteiger partial charge in [0.2, 0.25) is 5.78 Å². The van der Waals surface area contributed by atoms with E-state index in [0.717, 1.165) is 7.05 Å². The summed E-state index contributed by atoms with van der Waals surface area (Å²) in [7, 11) is 0.958. The summed E-state index contributed by atoms with van der Waals surface area (Å²) in [6.07, 6.45) is -0.842. The van der Waals surface area contributed by atoms with Crippen LogP contribution >= 0.6 is 11.6 Å². The third kappa shape index (κ3) is 3.72. The van der Waals surface area contributed by atoms with Crippen molar-refractivity contribution in [3.63, 3.8) is 0 Å². The van der Waals surface area contributed by atoms with Crippen LogP contribution in [0.15, 0.2) is 48.5 Å². The van der Waals surface area contributed by atoms with Gasteiger partial charge in [0.15, 0.2) is 0 Å². The number of hydroxylamine groups is 2. The normalized spacial score (nSPS) is 12.9. The van der Waals surface area contributed by atoms with Gasteiger partial charge in [0.05, 0.1) is 16.9 Å². The van der Waals surface area contributed by atoms with E-state index in [0.29, 0.717) is 0 Å². The number of amides is 1. The lowest BCUT2D eigenvalue weighted by molar-refractivity contribution is -0.386. The molecule has 1 atom stereocenters. The highest BCUT2D eigenvalue weighted by atomic mass is 35.5. The first-order chi connectivity index (χ1) is 12.2. The zero-order chi connectivity index (χ0) is 19.5. The van der Waals surface area contributed by atoms with Crippen molar-refractivity contribution in [2.75, 3.05) is 7.05 Å². The number of benzene rings is 2. The average molecular weight is 379 g/mol. The van der Waals surface area contributed by atoms with Crippen molar-refractivity contribution in [1.82, 2.24) is 5.06 Å². The molecule has 2 N–H and O–H groups in total. The van der Waals surface area contributed by atoms with Crippen molar-refractivity contribution in [1.29, 1.82) is 0 Å². The molecule has 2 rings (SSSR count). The Morgan fingerprint density at radius 2 is 1.69 bits per heavy atom. The number of nitro benzene ring substituents is 1. The van der Waals surface area contributed by atoms with Crippen LogP contribution in [0.25, 0.3) is 0 Å². The highest BCUT2D eigenvalue weighted by molar-refractivity contribution is 6.36.